The Morgan fingerprint density at radius 1 is 1.19 bits per heavy atom. The molecule has 0 spiro atoms. The first-order valence-corrected chi connectivity index (χ1v) is 6.29. The second-order valence-electron chi connectivity index (χ2n) is 4.26. The molecule has 0 heterocycles. The summed E-state index contributed by atoms with van der Waals surface area (Å²) in [5, 5.41) is 9.83. The second kappa shape index (κ2) is 6.06. The van der Waals surface area contributed by atoms with E-state index in [1.807, 2.05) is 44.2 Å². The van der Waals surface area contributed by atoms with Gasteiger partial charge in [-0.2, -0.15) is 0 Å². The fourth-order valence-electron chi connectivity index (χ4n) is 1.41. The highest BCUT2D eigenvalue weighted by molar-refractivity contribution is 8.13. The molecule has 16 heavy (non-hydrogen) atoms. The average Bonchev–Trinajstić information content (AvgIpc) is 2.28. The molecule has 0 amide bonds. The Balaban J connectivity index is 2.59. The van der Waals surface area contributed by atoms with E-state index in [9.17, 15) is 9.90 Å². The molecule has 2 nitrogen and oxygen atoms in total. The van der Waals surface area contributed by atoms with Gasteiger partial charge in [0.2, 0.25) is 0 Å². The summed E-state index contributed by atoms with van der Waals surface area (Å²) in [6, 6.07) is 9.52. The molecule has 0 aromatic heterocycles. The van der Waals surface area contributed by atoms with Crippen LogP contribution in [0.2, 0.25) is 0 Å². The van der Waals surface area contributed by atoms with Crippen molar-refractivity contribution in [1.82, 2.24) is 0 Å². The van der Waals surface area contributed by atoms with Crippen LogP contribution in [-0.4, -0.2) is 16.3 Å². The summed E-state index contributed by atoms with van der Waals surface area (Å²) in [5.41, 5.74) is 0. The first-order valence-electron chi connectivity index (χ1n) is 5.47. The van der Waals surface area contributed by atoms with E-state index >= 15 is 0 Å². The van der Waals surface area contributed by atoms with Crippen molar-refractivity contribution in [3.05, 3.63) is 30.3 Å². The third-order valence-corrected chi connectivity index (χ3v) is 3.61. The number of aliphatic hydroxyl groups excluding tert-OH is 1. The van der Waals surface area contributed by atoms with Gasteiger partial charge in [-0.1, -0.05) is 50.7 Å². The fourth-order valence-corrected chi connectivity index (χ4v) is 2.27. The van der Waals surface area contributed by atoms with Gasteiger partial charge in [-0.25, -0.2) is 0 Å². The van der Waals surface area contributed by atoms with Crippen LogP contribution in [0, 0.1) is 11.8 Å². The zero-order valence-electron chi connectivity index (χ0n) is 9.88. The van der Waals surface area contributed by atoms with E-state index in [4.69, 9.17) is 0 Å². The molecule has 1 rings (SSSR count). The lowest BCUT2D eigenvalue weighted by molar-refractivity contribution is -0.117. The Morgan fingerprint density at radius 2 is 1.75 bits per heavy atom. The molecule has 0 unspecified atom stereocenters. The Hall–Kier alpha value is -0.800. The fraction of sp³-hybridized carbons (Fsp3) is 0.462. The van der Waals surface area contributed by atoms with Crippen molar-refractivity contribution in [2.24, 2.45) is 11.8 Å². The van der Waals surface area contributed by atoms with Crippen LogP contribution in [0.1, 0.15) is 20.8 Å². The summed E-state index contributed by atoms with van der Waals surface area (Å²) in [6.45, 7) is 5.62. The zero-order valence-corrected chi connectivity index (χ0v) is 10.7. The summed E-state index contributed by atoms with van der Waals surface area (Å²) in [5.74, 6) is -0.222. The van der Waals surface area contributed by atoms with E-state index in [1.165, 1.54) is 11.8 Å². The SMILES string of the molecule is CC(C)[C@@H](O)[C@H](C)C(=O)Sc1ccccc1. The van der Waals surface area contributed by atoms with Gasteiger partial charge in [0.15, 0.2) is 5.12 Å². The minimum Gasteiger partial charge on any atom is -0.392 e. The Bertz CT molecular complexity index is 335. The summed E-state index contributed by atoms with van der Waals surface area (Å²) >= 11 is 1.20. The number of benzene rings is 1. The molecule has 3 heteroatoms. The third kappa shape index (κ3) is 3.65. The molecule has 0 saturated heterocycles. The standard InChI is InChI=1S/C13H18O2S/c1-9(2)12(14)10(3)13(15)16-11-7-5-4-6-8-11/h4-10,12,14H,1-3H3/t10-,12+/m0/s1. The number of aliphatic hydroxyl groups is 1. The molecule has 0 aliphatic heterocycles. The monoisotopic (exact) mass is 238 g/mol. The lowest BCUT2D eigenvalue weighted by atomic mass is 9.96. The highest BCUT2D eigenvalue weighted by atomic mass is 32.2. The number of rotatable bonds is 4. The van der Waals surface area contributed by atoms with Crippen LogP contribution in [0.5, 0.6) is 0 Å². The van der Waals surface area contributed by atoms with Crippen molar-refractivity contribution >= 4 is 16.9 Å². The maximum atomic E-state index is 11.9. The first kappa shape index (κ1) is 13.3. The van der Waals surface area contributed by atoms with E-state index in [0.29, 0.717) is 0 Å². The number of hydrogen-bond acceptors (Lipinski definition) is 3. The van der Waals surface area contributed by atoms with Gasteiger partial charge in [0.05, 0.1) is 12.0 Å². The van der Waals surface area contributed by atoms with Crippen LogP contribution in [0.15, 0.2) is 35.2 Å². The van der Waals surface area contributed by atoms with Crippen LogP contribution in [0.25, 0.3) is 0 Å². The van der Waals surface area contributed by atoms with Crippen LogP contribution in [0.3, 0.4) is 0 Å². The number of carbonyl (C=O) groups excluding carboxylic acids is 1. The smallest absolute Gasteiger partial charge is 0.199 e. The molecule has 0 radical (unpaired) electrons. The molecular weight excluding hydrogens is 220 g/mol. The van der Waals surface area contributed by atoms with Crippen molar-refractivity contribution < 1.29 is 9.90 Å². The van der Waals surface area contributed by atoms with Gasteiger partial charge in [0.25, 0.3) is 0 Å². The molecule has 0 saturated carbocycles. The largest absolute Gasteiger partial charge is 0.392 e. The minimum absolute atomic E-state index is 0.0207. The van der Waals surface area contributed by atoms with Gasteiger partial charge in [-0.15, -0.1) is 0 Å². The Labute approximate surface area is 101 Å². The van der Waals surface area contributed by atoms with Gasteiger partial charge < -0.3 is 5.11 Å². The zero-order chi connectivity index (χ0) is 12.1. The van der Waals surface area contributed by atoms with Crippen molar-refractivity contribution in [3.63, 3.8) is 0 Å². The molecule has 88 valence electrons. The number of thioether (sulfide) groups is 1. The Morgan fingerprint density at radius 3 is 2.25 bits per heavy atom. The summed E-state index contributed by atoms with van der Waals surface area (Å²) in [6.07, 6.45) is -0.566. The van der Waals surface area contributed by atoms with E-state index in [0.717, 1.165) is 4.90 Å². The molecule has 0 aliphatic carbocycles. The van der Waals surface area contributed by atoms with E-state index in [2.05, 4.69) is 0 Å². The number of hydrogen-bond donors (Lipinski definition) is 1. The predicted octanol–water partition coefficient (Wildman–Crippen LogP) is 2.96. The maximum Gasteiger partial charge on any atom is 0.199 e. The highest BCUT2D eigenvalue weighted by Crippen LogP contribution is 2.25. The molecule has 1 N–H and O–H groups in total. The lowest BCUT2D eigenvalue weighted by Gasteiger charge is -2.20. The lowest BCUT2D eigenvalue weighted by Crippen LogP contribution is -2.28. The van der Waals surface area contributed by atoms with Gasteiger partial charge in [-0.05, 0) is 18.1 Å². The molecule has 0 aliphatic rings. The number of carbonyl (C=O) groups is 1. The minimum atomic E-state index is -0.566. The van der Waals surface area contributed by atoms with Crippen molar-refractivity contribution in [2.45, 2.75) is 31.8 Å². The summed E-state index contributed by atoms with van der Waals surface area (Å²) < 4.78 is 0. The van der Waals surface area contributed by atoms with Crippen LogP contribution < -0.4 is 0 Å². The van der Waals surface area contributed by atoms with Crippen molar-refractivity contribution in [3.8, 4) is 0 Å². The van der Waals surface area contributed by atoms with E-state index in [-0.39, 0.29) is 17.0 Å². The highest BCUT2D eigenvalue weighted by Gasteiger charge is 2.24. The molecular formula is C13H18O2S. The quantitative estimate of drug-likeness (QED) is 0.819. The first-order chi connectivity index (χ1) is 7.52. The van der Waals surface area contributed by atoms with Gasteiger partial charge >= 0.3 is 0 Å². The summed E-state index contributed by atoms with van der Waals surface area (Å²) in [4.78, 5) is 12.8. The molecule has 1 aromatic carbocycles. The third-order valence-electron chi connectivity index (χ3n) is 2.53. The molecule has 2 atom stereocenters. The maximum absolute atomic E-state index is 11.9. The summed E-state index contributed by atoms with van der Waals surface area (Å²) in [7, 11) is 0. The van der Waals surface area contributed by atoms with Gasteiger partial charge in [0, 0.05) is 4.90 Å². The normalized spacial score (nSPS) is 14.8. The molecule has 0 bridgehead atoms. The van der Waals surface area contributed by atoms with Crippen LogP contribution in [-0.2, 0) is 4.79 Å². The Kier molecular flexibility index (Phi) is 5.03. The van der Waals surface area contributed by atoms with Gasteiger partial charge in [0.1, 0.15) is 0 Å². The van der Waals surface area contributed by atoms with E-state index < -0.39 is 6.10 Å². The predicted molar refractivity (Wildman–Crippen MR) is 67.3 cm³/mol. The molecule has 0 fully saturated rings. The van der Waals surface area contributed by atoms with Crippen LogP contribution in [0.4, 0.5) is 0 Å². The van der Waals surface area contributed by atoms with Crippen molar-refractivity contribution in [2.75, 3.05) is 0 Å². The second-order valence-corrected chi connectivity index (χ2v) is 5.34. The topological polar surface area (TPSA) is 37.3 Å². The van der Waals surface area contributed by atoms with Crippen molar-refractivity contribution in [1.29, 1.82) is 0 Å². The average molecular weight is 238 g/mol. The molecule has 1 aromatic rings. The van der Waals surface area contributed by atoms with Crippen LogP contribution >= 0.6 is 11.8 Å². The van der Waals surface area contributed by atoms with Gasteiger partial charge in [-0.3, -0.25) is 4.79 Å². The van der Waals surface area contributed by atoms with E-state index in [1.54, 1.807) is 6.92 Å².